The van der Waals surface area contributed by atoms with Gasteiger partial charge in [0.1, 0.15) is 19.0 Å². The molecular weight excluding hydrogens is 384 g/mol. The van der Waals surface area contributed by atoms with Gasteiger partial charge in [-0.15, -0.1) is 0 Å². The molecule has 0 aliphatic carbocycles. The highest BCUT2D eigenvalue weighted by Gasteiger charge is 2.17. The number of ether oxygens (including phenoxy) is 2. The summed E-state index contributed by atoms with van der Waals surface area (Å²) < 4.78 is 16.8. The number of furan rings is 1. The zero-order valence-corrected chi connectivity index (χ0v) is 16.7. The molecule has 0 amide bonds. The fourth-order valence-corrected chi connectivity index (χ4v) is 3.29. The van der Waals surface area contributed by atoms with E-state index in [2.05, 4.69) is 29.6 Å². The third-order valence-electron chi connectivity index (χ3n) is 4.47. The van der Waals surface area contributed by atoms with Gasteiger partial charge in [-0.05, 0) is 42.0 Å². The van der Waals surface area contributed by atoms with Gasteiger partial charge in [-0.3, -0.25) is 0 Å². The first-order valence-corrected chi connectivity index (χ1v) is 9.89. The second-order valence-corrected chi connectivity index (χ2v) is 6.88. The number of nitrogens with zero attached hydrogens (tertiary/aromatic N) is 1. The molecule has 1 aromatic heterocycles. The standard InChI is InChI=1S/C23H22N2O3S/c29-23(24-17-20-9-5-13-26-20)25(12-4-8-18-6-2-1-3-7-18)19-10-11-21-22(16-19)28-15-14-27-21/h1-11,13,16H,12,14-15,17H2,(H,24,29)/b8-4+. The Kier molecular flexibility index (Phi) is 6.12. The third-order valence-corrected chi connectivity index (χ3v) is 4.84. The molecule has 2 aromatic carbocycles. The topological polar surface area (TPSA) is 46.9 Å². The summed E-state index contributed by atoms with van der Waals surface area (Å²) in [6.45, 7) is 2.25. The first-order valence-electron chi connectivity index (χ1n) is 9.48. The van der Waals surface area contributed by atoms with Gasteiger partial charge in [-0.1, -0.05) is 42.5 Å². The predicted octanol–water partition coefficient (Wildman–Crippen LogP) is 4.65. The van der Waals surface area contributed by atoms with Crippen LogP contribution < -0.4 is 19.7 Å². The average Bonchev–Trinajstić information content (AvgIpc) is 3.29. The van der Waals surface area contributed by atoms with E-state index >= 15 is 0 Å². The summed E-state index contributed by atoms with van der Waals surface area (Å²) in [5.74, 6) is 2.32. The Labute approximate surface area is 175 Å². The lowest BCUT2D eigenvalue weighted by Crippen LogP contribution is -2.39. The summed E-state index contributed by atoms with van der Waals surface area (Å²) in [6.07, 6.45) is 5.83. The molecule has 0 saturated heterocycles. The zero-order valence-electron chi connectivity index (χ0n) is 15.9. The number of thiocarbonyl (C=S) groups is 1. The smallest absolute Gasteiger partial charge is 0.174 e. The van der Waals surface area contributed by atoms with Crippen molar-refractivity contribution in [2.24, 2.45) is 0 Å². The molecule has 1 N–H and O–H groups in total. The molecule has 0 saturated carbocycles. The van der Waals surface area contributed by atoms with Gasteiger partial charge in [-0.2, -0.15) is 0 Å². The summed E-state index contributed by atoms with van der Waals surface area (Å²) in [7, 11) is 0. The molecule has 0 atom stereocenters. The highest BCUT2D eigenvalue weighted by atomic mass is 32.1. The number of rotatable bonds is 6. The van der Waals surface area contributed by atoms with Gasteiger partial charge in [0.15, 0.2) is 16.6 Å². The molecule has 0 bridgehead atoms. The quantitative estimate of drug-likeness (QED) is 0.602. The molecule has 0 spiro atoms. The van der Waals surface area contributed by atoms with Crippen molar-refractivity contribution in [3.63, 3.8) is 0 Å². The highest BCUT2D eigenvalue weighted by molar-refractivity contribution is 7.80. The predicted molar refractivity (Wildman–Crippen MR) is 118 cm³/mol. The van der Waals surface area contributed by atoms with Crippen molar-refractivity contribution in [3.8, 4) is 11.5 Å². The largest absolute Gasteiger partial charge is 0.486 e. The molecule has 0 unspecified atom stereocenters. The van der Waals surface area contributed by atoms with E-state index in [-0.39, 0.29) is 0 Å². The minimum Gasteiger partial charge on any atom is -0.486 e. The summed E-state index contributed by atoms with van der Waals surface area (Å²) in [5.41, 5.74) is 2.08. The lowest BCUT2D eigenvalue weighted by molar-refractivity contribution is 0.171. The van der Waals surface area contributed by atoms with Crippen LogP contribution in [0, 0.1) is 0 Å². The maximum absolute atomic E-state index is 5.74. The Morgan fingerprint density at radius 2 is 1.83 bits per heavy atom. The average molecular weight is 407 g/mol. The lowest BCUT2D eigenvalue weighted by Gasteiger charge is -2.26. The van der Waals surface area contributed by atoms with E-state index in [4.69, 9.17) is 26.1 Å². The van der Waals surface area contributed by atoms with E-state index in [9.17, 15) is 0 Å². The van der Waals surface area contributed by atoms with Crippen molar-refractivity contribution >= 4 is 29.1 Å². The number of hydrogen-bond acceptors (Lipinski definition) is 4. The van der Waals surface area contributed by atoms with Crippen LogP contribution in [-0.2, 0) is 6.54 Å². The summed E-state index contributed by atoms with van der Waals surface area (Å²) in [4.78, 5) is 2.02. The minimum atomic E-state index is 0.523. The molecule has 5 nitrogen and oxygen atoms in total. The Bertz CT molecular complexity index is 971. The summed E-state index contributed by atoms with van der Waals surface area (Å²) >= 11 is 5.68. The number of hydrogen-bond donors (Lipinski definition) is 1. The molecule has 6 heteroatoms. The van der Waals surface area contributed by atoms with Gasteiger partial charge in [0, 0.05) is 18.3 Å². The number of anilines is 1. The Morgan fingerprint density at radius 1 is 1.00 bits per heavy atom. The normalized spacial score (nSPS) is 12.7. The molecule has 2 heterocycles. The summed E-state index contributed by atoms with van der Waals surface area (Å²) in [5, 5.41) is 3.88. The fourth-order valence-electron chi connectivity index (χ4n) is 3.04. The lowest BCUT2D eigenvalue weighted by atomic mass is 10.2. The molecule has 148 valence electrons. The van der Waals surface area contributed by atoms with Gasteiger partial charge >= 0.3 is 0 Å². The highest BCUT2D eigenvalue weighted by Crippen LogP contribution is 2.34. The number of nitrogens with one attached hydrogen (secondary N) is 1. The molecular formula is C23H22N2O3S. The van der Waals surface area contributed by atoms with Gasteiger partial charge in [-0.25, -0.2) is 0 Å². The molecule has 3 aromatic rings. The van der Waals surface area contributed by atoms with Gasteiger partial charge in [0.2, 0.25) is 0 Å². The maximum atomic E-state index is 5.74. The van der Waals surface area contributed by atoms with Crippen LogP contribution in [0.25, 0.3) is 6.08 Å². The van der Waals surface area contributed by atoms with Crippen LogP contribution in [0.5, 0.6) is 11.5 Å². The molecule has 4 rings (SSSR count). The molecule has 29 heavy (non-hydrogen) atoms. The molecule has 1 aliphatic heterocycles. The van der Waals surface area contributed by atoms with Crippen molar-refractivity contribution < 1.29 is 13.9 Å². The van der Waals surface area contributed by atoms with Crippen LogP contribution in [0.1, 0.15) is 11.3 Å². The van der Waals surface area contributed by atoms with Crippen LogP contribution in [0.2, 0.25) is 0 Å². The van der Waals surface area contributed by atoms with Crippen LogP contribution in [0.15, 0.2) is 77.4 Å². The van der Waals surface area contributed by atoms with E-state index < -0.39 is 0 Å². The third kappa shape index (κ3) is 4.97. The van der Waals surface area contributed by atoms with Gasteiger partial charge < -0.3 is 24.1 Å². The van der Waals surface area contributed by atoms with Crippen LogP contribution in [-0.4, -0.2) is 24.9 Å². The number of fused-ring (bicyclic) bond motifs is 1. The van der Waals surface area contributed by atoms with Crippen molar-refractivity contribution in [3.05, 3.63) is 84.3 Å². The van der Waals surface area contributed by atoms with Crippen LogP contribution >= 0.6 is 12.2 Å². The van der Waals surface area contributed by atoms with Gasteiger partial charge in [0.05, 0.1) is 12.8 Å². The Morgan fingerprint density at radius 3 is 2.62 bits per heavy atom. The SMILES string of the molecule is S=C(NCc1ccco1)N(C/C=C/c1ccccc1)c1ccc2c(c1)OCCO2. The molecule has 1 aliphatic rings. The van der Waals surface area contributed by atoms with Crippen molar-refractivity contribution in [2.45, 2.75) is 6.54 Å². The second kappa shape index (κ2) is 9.30. The van der Waals surface area contributed by atoms with Crippen LogP contribution in [0.4, 0.5) is 5.69 Å². The van der Waals surface area contributed by atoms with Gasteiger partial charge in [0.25, 0.3) is 0 Å². The van der Waals surface area contributed by atoms with E-state index in [1.165, 1.54) is 0 Å². The van der Waals surface area contributed by atoms with Crippen molar-refractivity contribution in [2.75, 3.05) is 24.7 Å². The Hall–Kier alpha value is -3.25. The zero-order chi connectivity index (χ0) is 19.9. The molecule has 0 fully saturated rings. The monoisotopic (exact) mass is 406 g/mol. The van der Waals surface area contributed by atoms with E-state index in [1.54, 1.807) is 6.26 Å². The number of benzene rings is 2. The Balaban J connectivity index is 1.52. The minimum absolute atomic E-state index is 0.523. The fraction of sp³-hybridized carbons (Fsp3) is 0.174. The van der Waals surface area contributed by atoms with Crippen LogP contribution in [0.3, 0.4) is 0 Å². The first-order chi connectivity index (χ1) is 14.3. The maximum Gasteiger partial charge on any atom is 0.174 e. The first kappa shape index (κ1) is 19.1. The van der Waals surface area contributed by atoms with Crippen molar-refractivity contribution in [1.29, 1.82) is 0 Å². The van der Waals surface area contributed by atoms with E-state index in [0.29, 0.717) is 31.4 Å². The van der Waals surface area contributed by atoms with Crippen molar-refractivity contribution in [1.82, 2.24) is 5.32 Å². The van der Waals surface area contributed by atoms with E-state index in [1.807, 2.05) is 53.4 Å². The summed E-state index contributed by atoms with van der Waals surface area (Å²) in [6, 6.07) is 19.8. The molecule has 0 radical (unpaired) electrons. The van der Waals surface area contributed by atoms with E-state index in [0.717, 1.165) is 28.5 Å². The second-order valence-electron chi connectivity index (χ2n) is 6.49.